The molecule has 0 bridgehead atoms. The zero-order valence-corrected chi connectivity index (χ0v) is 12.4. The van der Waals surface area contributed by atoms with Crippen LogP contribution in [-0.2, 0) is 6.54 Å². The van der Waals surface area contributed by atoms with Crippen LogP contribution in [0.3, 0.4) is 0 Å². The molecule has 112 valence electrons. The number of hydrogen-bond donors (Lipinski definition) is 2. The number of H-pyrrole nitrogens is 1. The highest BCUT2D eigenvalue weighted by Gasteiger charge is 2.18. The van der Waals surface area contributed by atoms with Gasteiger partial charge in [0.1, 0.15) is 5.82 Å². The molecule has 2 heterocycles. The first-order valence-corrected chi connectivity index (χ1v) is 7.63. The van der Waals surface area contributed by atoms with Gasteiger partial charge in [0.2, 0.25) is 0 Å². The van der Waals surface area contributed by atoms with Crippen molar-refractivity contribution in [1.82, 2.24) is 20.2 Å². The second-order valence-corrected chi connectivity index (χ2v) is 5.79. The summed E-state index contributed by atoms with van der Waals surface area (Å²) in [6.45, 7) is 2.72. The van der Waals surface area contributed by atoms with Crippen LogP contribution >= 0.6 is 0 Å². The van der Waals surface area contributed by atoms with E-state index in [-0.39, 0.29) is 5.56 Å². The molecule has 1 fully saturated rings. The molecule has 1 aromatic heterocycles. The molecule has 21 heavy (non-hydrogen) atoms. The summed E-state index contributed by atoms with van der Waals surface area (Å²) in [5, 5.41) is 4.07. The van der Waals surface area contributed by atoms with Crippen molar-refractivity contribution >= 4 is 10.9 Å². The average Bonchev–Trinajstić information content (AvgIpc) is 2.49. The van der Waals surface area contributed by atoms with E-state index in [4.69, 9.17) is 0 Å². The number of piperidine rings is 1. The Morgan fingerprint density at radius 3 is 3.10 bits per heavy atom. The number of hydrogen-bond acceptors (Lipinski definition) is 4. The van der Waals surface area contributed by atoms with E-state index < -0.39 is 0 Å². The summed E-state index contributed by atoms with van der Waals surface area (Å²) in [6, 6.07) is 8.03. The smallest absolute Gasteiger partial charge is 0.258 e. The maximum absolute atomic E-state index is 12.0. The lowest BCUT2D eigenvalue weighted by atomic mass is 10.0. The molecule has 3 rings (SSSR count). The third-order valence-electron chi connectivity index (χ3n) is 4.26. The molecule has 5 nitrogen and oxygen atoms in total. The Kier molecular flexibility index (Phi) is 4.31. The Bertz CT molecular complexity index is 667. The lowest BCUT2D eigenvalue weighted by molar-refractivity contribution is 0.181. The van der Waals surface area contributed by atoms with Crippen molar-refractivity contribution in [1.29, 1.82) is 0 Å². The van der Waals surface area contributed by atoms with Crippen molar-refractivity contribution < 1.29 is 0 Å². The van der Waals surface area contributed by atoms with E-state index in [9.17, 15) is 4.79 Å². The fraction of sp³-hybridized carbons (Fsp3) is 0.500. The van der Waals surface area contributed by atoms with Gasteiger partial charge in [0.25, 0.3) is 5.56 Å². The average molecular weight is 286 g/mol. The first-order chi connectivity index (χ1) is 10.2. The largest absolute Gasteiger partial charge is 0.309 e. The first kappa shape index (κ1) is 14.2. The minimum Gasteiger partial charge on any atom is -0.309 e. The number of fused-ring (bicyclic) bond motifs is 1. The summed E-state index contributed by atoms with van der Waals surface area (Å²) >= 11 is 0. The summed E-state index contributed by atoms with van der Waals surface area (Å²) in [6.07, 6.45) is 3.85. The van der Waals surface area contributed by atoms with Crippen LogP contribution in [0.15, 0.2) is 29.1 Å². The Morgan fingerprint density at radius 2 is 2.24 bits per heavy atom. The number of benzene rings is 1. The second kappa shape index (κ2) is 6.37. The van der Waals surface area contributed by atoms with Gasteiger partial charge in [-0.2, -0.15) is 0 Å². The van der Waals surface area contributed by atoms with Crippen LogP contribution in [-0.4, -0.2) is 41.0 Å². The Labute approximate surface area is 124 Å². The van der Waals surface area contributed by atoms with E-state index in [1.165, 1.54) is 25.8 Å². The van der Waals surface area contributed by atoms with E-state index >= 15 is 0 Å². The Morgan fingerprint density at radius 1 is 1.38 bits per heavy atom. The third-order valence-corrected chi connectivity index (χ3v) is 4.26. The zero-order valence-electron chi connectivity index (χ0n) is 12.4. The standard InChI is InChI=1S/C16H22N4O/c1-20-9-5-4-6-12(20)10-17-11-15-18-14-8-3-2-7-13(14)16(21)19-15/h2-3,7-8,12,17H,4-6,9-11H2,1H3,(H,18,19,21). The molecule has 1 aliphatic rings. The van der Waals surface area contributed by atoms with E-state index in [0.29, 0.717) is 23.8 Å². The molecule has 2 aromatic rings. The SMILES string of the molecule is CN1CCCCC1CNCc1nc2ccccc2c(=O)[nH]1. The van der Waals surface area contributed by atoms with Crippen molar-refractivity contribution in [3.63, 3.8) is 0 Å². The normalized spacial score (nSPS) is 20.0. The predicted molar refractivity (Wildman–Crippen MR) is 84.3 cm³/mol. The molecule has 1 unspecified atom stereocenters. The molecule has 0 spiro atoms. The minimum atomic E-state index is -0.0628. The molecular formula is C16H22N4O. The highest BCUT2D eigenvalue weighted by Crippen LogP contribution is 2.14. The van der Waals surface area contributed by atoms with Gasteiger partial charge in [-0.15, -0.1) is 0 Å². The highest BCUT2D eigenvalue weighted by atomic mass is 16.1. The van der Waals surface area contributed by atoms with Crippen LogP contribution in [0.4, 0.5) is 0 Å². The predicted octanol–water partition coefficient (Wildman–Crippen LogP) is 1.50. The fourth-order valence-electron chi connectivity index (χ4n) is 2.98. The second-order valence-electron chi connectivity index (χ2n) is 5.79. The number of aromatic amines is 1. The van der Waals surface area contributed by atoms with Gasteiger partial charge in [-0.3, -0.25) is 4.79 Å². The van der Waals surface area contributed by atoms with Crippen molar-refractivity contribution in [2.45, 2.75) is 31.8 Å². The number of likely N-dealkylation sites (N-methyl/N-ethyl adjacent to an activating group) is 1. The van der Waals surface area contributed by atoms with E-state index in [1.54, 1.807) is 6.07 Å². The molecule has 0 aliphatic carbocycles. The Balaban J connectivity index is 1.64. The lowest BCUT2D eigenvalue weighted by Gasteiger charge is -2.32. The van der Waals surface area contributed by atoms with Gasteiger partial charge in [0, 0.05) is 12.6 Å². The quantitative estimate of drug-likeness (QED) is 0.894. The lowest BCUT2D eigenvalue weighted by Crippen LogP contribution is -2.43. The summed E-state index contributed by atoms with van der Waals surface area (Å²) in [5.74, 6) is 0.706. The molecular weight excluding hydrogens is 264 g/mol. The maximum atomic E-state index is 12.0. The number of nitrogens with one attached hydrogen (secondary N) is 2. The molecule has 5 heteroatoms. The third kappa shape index (κ3) is 3.31. The van der Waals surface area contributed by atoms with Gasteiger partial charge in [-0.25, -0.2) is 4.98 Å². The van der Waals surface area contributed by atoms with Crippen molar-refractivity contribution in [3.8, 4) is 0 Å². The summed E-state index contributed by atoms with van der Waals surface area (Å²) in [7, 11) is 2.18. The summed E-state index contributed by atoms with van der Waals surface area (Å²) < 4.78 is 0. The molecule has 0 radical (unpaired) electrons. The van der Waals surface area contributed by atoms with Crippen LogP contribution in [0, 0.1) is 0 Å². The zero-order chi connectivity index (χ0) is 14.7. The van der Waals surface area contributed by atoms with Crippen LogP contribution in [0.25, 0.3) is 10.9 Å². The van der Waals surface area contributed by atoms with E-state index in [0.717, 1.165) is 12.1 Å². The Hall–Kier alpha value is -1.72. The maximum Gasteiger partial charge on any atom is 0.258 e. The van der Waals surface area contributed by atoms with Crippen LogP contribution < -0.4 is 10.9 Å². The first-order valence-electron chi connectivity index (χ1n) is 7.63. The van der Waals surface area contributed by atoms with Crippen LogP contribution in [0.2, 0.25) is 0 Å². The molecule has 0 amide bonds. The number of likely N-dealkylation sites (tertiary alicyclic amines) is 1. The van der Waals surface area contributed by atoms with Crippen LogP contribution in [0.1, 0.15) is 25.1 Å². The molecule has 1 saturated heterocycles. The van der Waals surface area contributed by atoms with Crippen molar-refractivity contribution in [2.75, 3.05) is 20.1 Å². The molecule has 1 aliphatic heterocycles. The summed E-state index contributed by atoms with van der Waals surface area (Å²) in [5.41, 5.74) is 0.694. The van der Waals surface area contributed by atoms with Gasteiger partial charge in [0.05, 0.1) is 17.4 Å². The molecule has 1 aromatic carbocycles. The van der Waals surface area contributed by atoms with Crippen molar-refractivity contribution in [2.24, 2.45) is 0 Å². The monoisotopic (exact) mass is 286 g/mol. The summed E-state index contributed by atoms with van der Waals surface area (Å²) in [4.78, 5) is 21.8. The highest BCUT2D eigenvalue weighted by molar-refractivity contribution is 5.77. The van der Waals surface area contributed by atoms with Gasteiger partial charge >= 0.3 is 0 Å². The van der Waals surface area contributed by atoms with Crippen LogP contribution in [0.5, 0.6) is 0 Å². The minimum absolute atomic E-state index is 0.0628. The van der Waals surface area contributed by atoms with Gasteiger partial charge in [0.15, 0.2) is 0 Å². The number of aromatic nitrogens is 2. The fourth-order valence-corrected chi connectivity index (χ4v) is 2.98. The molecule has 1 atom stereocenters. The number of para-hydroxylation sites is 1. The topological polar surface area (TPSA) is 61.0 Å². The number of nitrogens with zero attached hydrogens (tertiary/aromatic N) is 2. The molecule has 0 saturated carbocycles. The van der Waals surface area contributed by atoms with Gasteiger partial charge in [-0.1, -0.05) is 18.6 Å². The van der Waals surface area contributed by atoms with E-state index in [2.05, 4.69) is 27.2 Å². The van der Waals surface area contributed by atoms with Gasteiger partial charge in [-0.05, 0) is 38.6 Å². The van der Waals surface area contributed by atoms with Crippen molar-refractivity contribution in [3.05, 3.63) is 40.4 Å². The number of rotatable bonds is 4. The molecule has 2 N–H and O–H groups in total. The van der Waals surface area contributed by atoms with Gasteiger partial charge < -0.3 is 15.2 Å². The van der Waals surface area contributed by atoms with E-state index in [1.807, 2.05) is 18.2 Å².